The Balaban J connectivity index is 1.59. The molecule has 0 heterocycles. The second-order valence-corrected chi connectivity index (χ2v) is 8.06. The number of carbonyl (C=O) groups excluding carboxylic acids is 1. The molecular formula is C25H22BrClN2O4. The molecule has 33 heavy (non-hydrogen) atoms. The number of nitrogens with one attached hydrogen (secondary N) is 1. The van der Waals surface area contributed by atoms with E-state index in [1.807, 2.05) is 42.5 Å². The van der Waals surface area contributed by atoms with E-state index in [0.717, 1.165) is 15.6 Å². The van der Waals surface area contributed by atoms with Gasteiger partial charge >= 0.3 is 0 Å². The molecule has 0 aliphatic heterocycles. The fraction of sp³-hybridized carbons (Fsp3) is 0.120. The Morgan fingerprint density at radius 2 is 1.91 bits per heavy atom. The van der Waals surface area contributed by atoms with Crippen LogP contribution in [0.1, 0.15) is 21.5 Å². The Bertz CT molecular complexity index is 1170. The molecule has 0 unspecified atom stereocenters. The normalized spacial score (nSPS) is 10.6. The second-order valence-electron chi connectivity index (χ2n) is 6.77. The van der Waals surface area contributed by atoms with Crippen LogP contribution in [-0.4, -0.2) is 25.8 Å². The number of nitrogens with zero attached hydrogens (tertiary/aromatic N) is 1. The summed E-state index contributed by atoms with van der Waals surface area (Å²) in [6.07, 6.45) is 3.17. The predicted octanol–water partition coefficient (Wildman–Crippen LogP) is 6.02. The van der Waals surface area contributed by atoms with Crippen molar-refractivity contribution in [3.8, 4) is 17.2 Å². The number of hydrogen-bond acceptors (Lipinski definition) is 5. The average molecular weight is 530 g/mol. The van der Waals surface area contributed by atoms with Gasteiger partial charge in [0.1, 0.15) is 19.0 Å². The third kappa shape index (κ3) is 7.10. The van der Waals surface area contributed by atoms with E-state index in [1.165, 1.54) is 7.11 Å². The number of hydrogen-bond donors (Lipinski definition) is 1. The van der Waals surface area contributed by atoms with Crippen molar-refractivity contribution in [2.45, 2.75) is 6.61 Å². The first-order chi connectivity index (χ1) is 16.0. The lowest BCUT2D eigenvalue weighted by molar-refractivity contribution is 0.0954. The number of ether oxygens (including phenoxy) is 3. The lowest BCUT2D eigenvalue weighted by atomic mass is 10.2. The number of amides is 1. The minimum atomic E-state index is -0.375. The fourth-order valence-electron chi connectivity index (χ4n) is 2.81. The molecule has 3 aromatic carbocycles. The summed E-state index contributed by atoms with van der Waals surface area (Å²) in [7, 11) is 1.51. The zero-order valence-electron chi connectivity index (χ0n) is 17.9. The van der Waals surface area contributed by atoms with Crippen LogP contribution in [0, 0.1) is 0 Å². The van der Waals surface area contributed by atoms with Crippen LogP contribution in [0.25, 0.3) is 0 Å². The first-order valence-corrected chi connectivity index (χ1v) is 11.1. The lowest BCUT2D eigenvalue weighted by Crippen LogP contribution is -2.17. The smallest absolute Gasteiger partial charge is 0.271 e. The Morgan fingerprint density at radius 1 is 1.09 bits per heavy atom. The van der Waals surface area contributed by atoms with Crippen molar-refractivity contribution < 1.29 is 19.0 Å². The summed E-state index contributed by atoms with van der Waals surface area (Å²) < 4.78 is 17.4. The highest BCUT2D eigenvalue weighted by molar-refractivity contribution is 9.10. The lowest BCUT2D eigenvalue weighted by Gasteiger charge is -2.10. The summed E-state index contributed by atoms with van der Waals surface area (Å²) in [5, 5.41) is 4.70. The SMILES string of the molecule is C=CCOc1ccc(C(=O)N/N=C/c2ccc(OCc3cccc(Cl)c3)c(Br)c2)cc1OC. The van der Waals surface area contributed by atoms with E-state index in [2.05, 4.69) is 33.0 Å². The highest BCUT2D eigenvalue weighted by Gasteiger charge is 2.10. The van der Waals surface area contributed by atoms with Gasteiger partial charge in [0.05, 0.1) is 17.8 Å². The summed E-state index contributed by atoms with van der Waals surface area (Å²) in [5.41, 5.74) is 4.65. The maximum atomic E-state index is 12.4. The van der Waals surface area contributed by atoms with E-state index in [4.69, 9.17) is 25.8 Å². The first-order valence-electron chi connectivity index (χ1n) is 9.92. The molecule has 3 aromatic rings. The van der Waals surface area contributed by atoms with Gasteiger partial charge in [-0.25, -0.2) is 5.43 Å². The van der Waals surface area contributed by atoms with Gasteiger partial charge in [-0.05, 0) is 75.6 Å². The molecule has 0 atom stereocenters. The Kier molecular flexibility index (Phi) is 8.92. The average Bonchev–Trinajstić information content (AvgIpc) is 2.82. The standard InChI is InChI=1S/C25H22BrClN2O4/c1-3-11-32-23-10-8-19(14-24(23)31-2)25(30)29-28-15-17-7-9-22(21(26)13-17)33-16-18-5-4-6-20(27)12-18/h3-10,12-15H,1,11,16H2,2H3,(H,29,30)/b28-15+. The Morgan fingerprint density at radius 3 is 2.64 bits per heavy atom. The van der Waals surface area contributed by atoms with Crippen LogP contribution in [0.15, 0.2) is 82.9 Å². The molecule has 6 nitrogen and oxygen atoms in total. The maximum Gasteiger partial charge on any atom is 0.271 e. The zero-order chi connectivity index (χ0) is 23.6. The fourth-order valence-corrected chi connectivity index (χ4v) is 3.53. The van der Waals surface area contributed by atoms with Gasteiger partial charge in [-0.2, -0.15) is 5.10 Å². The number of methoxy groups -OCH3 is 1. The van der Waals surface area contributed by atoms with Crippen molar-refractivity contribution in [1.82, 2.24) is 5.43 Å². The van der Waals surface area contributed by atoms with Crippen molar-refractivity contribution in [1.29, 1.82) is 0 Å². The molecule has 0 aromatic heterocycles. The molecule has 1 N–H and O–H groups in total. The zero-order valence-corrected chi connectivity index (χ0v) is 20.2. The molecule has 8 heteroatoms. The van der Waals surface area contributed by atoms with Crippen LogP contribution in [0.3, 0.4) is 0 Å². The molecule has 0 saturated heterocycles. The van der Waals surface area contributed by atoms with E-state index in [-0.39, 0.29) is 5.91 Å². The van der Waals surface area contributed by atoms with Gasteiger partial charge in [-0.3, -0.25) is 4.79 Å². The van der Waals surface area contributed by atoms with E-state index < -0.39 is 0 Å². The van der Waals surface area contributed by atoms with Crippen LogP contribution in [0.2, 0.25) is 5.02 Å². The van der Waals surface area contributed by atoms with Crippen molar-refractivity contribution in [2.24, 2.45) is 5.10 Å². The molecule has 0 aliphatic carbocycles. The van der Waals surface area contributed by atoms with Crippen LogP contribution >= 0.6 is 27.5 Å². The number of rotatable bonds is 10. The third-order valence-corrected chi connectivity index (χ3v) is 5.26. The molecule has 170 valence electrons. The number of benzene rings is 3. The number of halogens is 2. The van der Waals surface area contributed by atoms with Gasteiger partial charge in [0, 0.05) is 10.6 Å². The van der Waals surface area contributed by atoms with Crippen LogP contribution in [0.5, 0.6) is 17.2 Å². The monoisotopic (exact) mass is 528 g/mol. The molecule has 0 radical (unpaired) electrons. The van der Waals surface area contributed by atoms with Gasteiger partial charge in [0.25, 0.3) is 5.91 Å². The molecular weight excluding hydrogens is 508 g/mol. The van der Waals surface area contributed by atoms with Crippen molar-refractivity contribution in [2.75, 3.05) is 13.7 Å². The summed E-state index contributed by atoms with van der Waals surface area (Å²) >= 11 is 9.51. The van der Waals surface area contributed by atoms with Crippen LogP contribution in [0.4, 0.5) is 0 Å². The van der Waals surface area contributed by atoms with Gasteiger partial charge in [0.2, 0.25) is 0 Å². The Hall–Kier alpha value is -3.29. The second kappa shape index (κ2) is 12.1. The van der Waals surface area contributed by atoms with Crippen LogP contribution < -0.4 is 19.6 Å². The Labute approximate surface area is 205 Å². The minimum absolute atomic E-state index is 0.339. The van der Waals surface area contributed by atoms with Gasteiger partial charge < -0.3 is 14.2 Å². The van der Waals surface area contributed by atoms with E-state index in [1.54, 1.807) is 30.5 Å². The molecule has 0 spiro atoms. The molecule has 0 saturated carbocycles. The molecule has 0 aliphatic rings. The number of carbonyl (C=O) groups is 1. The van der Waals surface area contributed by atoms with Crippen molar-refractivity contribution in [3.05, 3.63) is 99.5 Å². The highest BCUT2D eigenvalue weighted by atomic mass is 79.9. The first kappa shape index (κ1) is 24.4. The topological polar surface area (TPSA) is 69.2 Å². The largest absolute Gasteiger partial charge is 0.493 e. The molecule has 0 bridgehead atoms. The highest BCUT2D eigenvalue weighted by Crippen LogP contribution is 2.28. The maximum absolute atomic E-state index is 12.4. The predicted molar refractivity (Wildman–Crippen MR) is 134 cm³/mol. The van der Waals surface area contributed by atoms with Gasteiger partial charge in [-0.15, -0.1) is 0 Å². The van der Waals surface area contributed by atoms with Gasteiger partial charge in [-0.1, -0.05) is 36.4 Å². The van der Waals surface area contributed by atoms with E-state index in [0.29, 0.717) is 41.0 Å². The summed E-state index contributed by atoms with van der Waals surface area (Å²) in [5.74, 6) is 1.29. The third-order valence-electron chi connectivity index (χ3n) is 4.40. The van der Waals surface area contributed by atoms with E-state index >= 15 is 0 Å². The minimum Gasteiger partial charge on any atom is -0.493 e. The van der Waals surface area contributed by atoms with Crippen molar-refractivity contribution >= 4 is 39.7 Å². The van der Waals surface area contributed by atoms with Gasteiger partial charge in [0.15, 0.2) is 11.5 Å². The van der Waals surface area contributed by atoms with Crippen molar-refractivity contribution in [3.63, 3.8) is 0 Å². The summed E-state index contributed by atoms with van der Waals surface area (Å²) in [6, 6.07) is 17.9. The summed E-state index contributed by atoms with van der Waals surface area (Å²) in [6.45, 7) is 4.34. The number of hydrazone groups is 1. The molecule has 0 fully saturated rings. The van der Waals surface area contributed by atoms with Crippen LogP contribution in [-0.2, 0) is 6.61 Å². The molecule has 1 amide bonds. The molecule has 3 rings (SSSR count). The quantitative estimate of drug-likeness (QED) is 0.198. The van der Waals surface area contributed by atoms with E-state index in [9.17, 15) is 4.79 Å². The summed E-state index contributed by atoms with van der Waals surface area (Å²) in [4.78, 5) is 12.4.